The van der Waals surface area contributed by atoms with Crippen LogP contribution in [0.15, 0.2) is 27.9 Å². The van der Waals surface area contributed by atoms with E-state index in [1.807, 2.05) is 0 Å². The zero-order valence-electron chi connectivity index (χ0n) is 9.40. The van der Waals surface area contributed by atoms with Crippen LogP contribution in [0.4, 0.5) is 0 Å². The Hall–Kier alpha value is -1.58. The van der Waals surface area contributed by atoms with Gasteiger partial charge in [-0.1, -0.05) is 6.92 Å². The summed E-state index contributed by atoms with van der Waals surface area (Å²) in [5, 5.41) is 4.15. The average molecular weight is 220 g/mol. The molecule has 4 nitrogen and oxygen atoms in total. The SMILES string of the molecule is CC1CCCC(=NNC(=O)c2ccco2)C1. The molecule has 1 aromatic heterocycles. The number of amides is 1. The Morgan fingerprint density at radius 3 is 3.19 bits per heavy atom. The van der Waals surface area contributed by atoms with Gasteiger partial charge in [0.25, 0.3) is 0 Å². The summed E-state index contributed by atoms with van der Waals surface area (Å²) in [5.74, 6) is 0.692. The standard InChI is InChI=1S/C12H16N2O2/c1-9-4-2-5-10(8-9)13-14-12(15)11-6-3-7-16-11/h3,6-7,9H,2,4-5,8H2,1H3,(H,14,15). The van der Waals surface area contributed by atoms with Crippen molar-refractivity contribution < 1.29 is 9.21 Å². The monoisotopic (exact) mass is 220 g/mol. The second-order valence-electron chi connectivity index (χ2n) is 4.30. The third-order valence-electron chi connectivity index (χ3n) is 2.81. The van der Waals surface area contributed by atoms with Gasteiger partial charge in [-0.15, -0.1) is 0 Å². The van der Waals surface area contributed by atoms with Crippen molar-refractivity contribution in [2.24, 2.45) is 11.0 Å². The zero-order valence-corrected chi connectivity index (χ0v) is 9.40. The van der Waals surface area contributed by atoms with Crippen molar-refractivity contribution >= 4 is 11.6 Å². The molecule has 1 N–H and O–H groups in total. The molecule has 0 aromatic carbocycles. The molecule has 1 unspecified atom stereocenters. The van der Waals surface area contributed by atoms with Crippen LogP contribution < -0.4 is 5.43 Å². The van der Waals surface area contributed by atoms with Gasteiger partial charge in [0.05, 0.1) is 6.26 Å². The molecule has 1 aromatic rings. The molecule has 1 aliphatic carbocycles. The predicted octanol–water partition coefficient (Wildman–Crippen LogP) is 2.58. The van der Waals surface area contributed by atoms with Crippen molar-refractivity contribution in [2.45, 2.75) is 32.6 Å². The van der Waals surface area contributed by atoms with Crippen molar-refractivity contribution in [3.8, 4) is 0 Å². The number of carbonyl (C=O) groups is 1. The van der Waals surface area contributed by atoms with E-state index in [4.69, 9.17) is 4.42 Å². The third-order valence-corrected chi connectivity index (χ3v) is 2.81. The van der Waals surface area contributed by atoms with E-state index in [-0.39, 0.29) is 5.91 Å². The highest BCUT2D eigenvalue weighted by molar-refractivity contribution is 5.93. The molecule has 1 saturated carbocycles. The number of furan rings is 1. The normalized spacial score (nSPS) is 23.3. The fourth-order valence-electron chi connectivity index (χ4n) is 1.96. The molecule has 0 spiro atoms. The molecule has 1 aliphatic rings. The number of hydrogen-bond acceptors (Lipinski definition) is 3. The number of nitrogens with one attached hydrogen (secondary N) is 1. The van der Waals surface area contributed by atoms with Crippen LogP contribution in [0, 0.1) is 5.92 Å². The molecule has 16 heavy (non-hydrogen) atoms. The van der Waals surface area contributed by atoms with Gasteiger partial charge in [0.2, 0.25) is 0 Å². The quantitative estimate of drug-likeness (QED) is 0.779. The number of rotatable bonds is 2. The van der Waals surface area contributed by atoms with E-state index in [1.54, 1.807) is 12.1 Å². The molecule has 2 rings (SSSR count). The van der Waals surface area contributed by atoms with Crippen LogP contribution in [0.25, 0.3) is 0 Å². The summed E-state index contributed by atoms with van der Waals surface area (Å²) in [5.41, 5.74) is 3.61. The maximum absolute atomic E-state index is 11.5. The average Bonchev–Trinajstić information content (AvgIpc) is 2.79. The Balaban J connectivity index is 1.91. The van der Waals surface area contributed by atoms with Crippen molar-refractivity contribution in [1.29, 1.82) is 0 Å². The van der Waals surface area contributed by atoms with E-state index in [0.717, 1.165) is 25.0 Å². The molecule has 4 heteroatoms. The number of hydrazone groups is 1. The Bertz CT molecular complexity index is 382. The summed E-state index contributed by atoms with van der Waals surface area (Å²) in [7, 11) is 0. The molecule has 1 heterocycles. The van der Waals surface area contributed by atoms with E-state index in [1.165, 1.54) is 12.7 Å². The molecular formula is C12H16N2O2. The lowest BCUT2D eigenvalue weighted by molar-refractivity contribution is 0.0927. The summed E-state index contributed by atoms with van der Waals surface area (Å²) >= 11 is 0. The predicted molar refractivity (Wildman–Crippen MR) is 61.2 cm³/mol. The fraction of sp³-hybridized carbons (Fsp3) is 0.500. The van der Waals surface area contributed by atoms with Gasteiger partial charge in [-0.2, -0.15) is 5.10 Å². The lowest BCUT2D eigenvalue weighted by atomic mass is 9.89. The first kappa shape index (κ1) is 10.9. The number of carbonyl (C=O) groups excluding carboxylic acids is 1. The van der Waals surface area contributed by atoms with Gasteiger partial charge in [0.1, 0.15) is 0 Å². The Morgan fingerprint density at radius 1 is 1.62 bits per heavy atom. The Labute approximate surface area is 94.7 Å². The zero-order chi connectivity index (χ0) is 11.4. The van der Waals surface area contributed by atoms with Gasteiger partial charge < -0.3 is 4.42 Å². The first-order valence-corrected chi connectivity index (χ1v) is 5.65. The van der Waals surface area contributed by atoms with Crippen LogP contribution in [0.3, 0.4) is 0 Å². The van der Waals surface area contributed by atoms with E-state index in [9.17, 15) is 4.79 Å². The van der Waals surface area contributed by atoms with Crippen LogP contribution in [-0.4, -0.2) is 11.6 Å². The Morgan fingerprint density at radius 2 is 2.50 bits per heavy atom. The molecule has 0 bridgehead atoms. The van der Waals surface area contributed by atoms with Crippen LogP contribution in [0.1, 0.15) is 43.2 Å². The smallest absolute Gasteiger partial charge is 0.307 e. The first-order valence-electron chi connectivity index (χ1n) is 5.65. The number of hydrogen-bond donors (Lipinski definition) is 1. The van der Waals surface area contributed by atoms with Gasteiger partial charge >= 0.3 is 5.91 Å². The Kier molecular flexibility index (Phi) is 3.39. The van der Waals surface area contributed by atoms with E-state index >= 15 is 0 Å². The molecule has 1 fully saturated rings. The summed E-state index contributed by atoms with van der Waals surface area (Å²) in [4.78, 5) is 11.5. The molecule has 86 valence electrons. The molecule has 1 amide bonds. The van der Waals surface area contributed by atoms with E-state index < -0.39 is 0 Å². The van der Waals surface area contributed by atoms with Gasteiger partial charge in [-0.05, 0) is 43.7 Å². The van der Waals surface area contributed by atoms with Gasteiger partial charge in [0.15, 0.2) is 5.76 Å². The third kappa shape index (κ3) is 2.72. The fourth-order valence-corrected chi connectivity index (χ4v) is 1.96. The molecular weight excluding hydrogens is 204 g/mol. The maximum Gasteiger partial charge on any atom is 0.307 e. The second-order valence-corrected chi connectivity index (χ2v) is 4.30. The van der Waals surface area contributed by atoms with Crippen LogP contribution >= 0.6 is 0 Å². The van der Waals surface area contributed by atoms with Crippen molar-refractivity contribution in [2.75, 3.05) is 0 Å². The summed E-state index contributed by atoms with van der Waals surface area (Å²) in [6, 6.07) is 3.31. The minimum Gasteiger partial charge on any atom is -0.459 e. The van der Waals surface area contributed by atoms with Crippen molar-refractivity contribution in [1.82, 2.24) is 5.43 Å². The highest BCUT2D eigenvalue weighted by Crippen LogP contribution is 2.20. The number of nitrogens with zero attached hydrogens (tertiary/aromatic N) is 1. The van der Waals surface area contributed by atoms with Gasteiger partial charge in [-0.3, -0.25) is 4.79 Å². The molecule has 0 saturated heterocycles. The van der Waals surface area contributed by atoms with E-state index in [0.29, 0.717) is 11.7 Å². The lowest BCUT2D eigenvalue weighted by Crippen LogP contribution is -2.21. The van der Waals surface area contributed by atoms with Gasteiger partial charge in [0, 0.05) is 5.71 Å². The lowest BCUT2D eigenvalue weighted by Gasteiger charge is -2.18. The highest BCUT2D eigenvalue weighted by Gasteiger charge is 2.14. The summed E-state index contributed by atoms with van der Waals surface area (Å²) in [6.07, 6.45) is 5.87. The summed E-state index contributed by atoms with van der Waals surface area (Å²) in [6.45, 7) is 2.21. The van der Waals surface area contributed by atoms with Crippen molar-refractivity contribution in [3.05, 3.63) is 24.2 Å². The molecule has 0 radical (unpaired) electrons. The van der Waals surface area contributed by atoms with Crippen molar-refractivity contribution in [3.63, 3.8) is 0 Å². The summed E-state index contributed by atoms with van der Waals surface area (Å²) < 4.78 is 4.97. The maximum atomic E-state index is 11.5. The minimum absolute atomic E-state index is 0.282. The first-order chi connectivity index (χ1) is 7.75. The topological polar surface area (TPSA) is 54.6 Å². The van der Waals surface area contributed by atoms with Crippen LogP contribution in [-0.2, 0) is 0 Å². The minimum atomic E-state index is -0.282. The largest absolute Gasteiger partial charge is 0.459 e. The van der Waals surface area contributed by atoms with Gasteiger partial charge in [-0.25, -0.2) is 5.43 Å². The highest BCUT2D eigenvalue weighted by atomic mass is 16.3. The molecule has 1 atom stereocenters. The molecule has 0 aliphatic heterocycles. The van der Waals surface area contributed by atoms with Crippen LogP contribution in [0.2, 0.25) is 0 Å². The van der Waals surface area contributed by atoms with E-state index in [2.05, 4.69) is 17.5 Å². The second kappa shape index (κ2) is 4.96. The van der Waals surface area contributed by atoms with Crippen LogP contribution in [0.5, 0.6) is 0 Å².